The number of nitrogens with one attached hydrogen (secondary N) is 2. The van der Waals surface area contributed by atoms with Crippen molar-refractivity contribution < 1.29 is 23.9 Å². The number of urea groups is 1. The highest BCUT2D eigenvalue weighted by molar-refractivity contribution is 5.95. The molecule has 0 fully saturated rings. The first-order valence-electron chi connectivity index (χ1n) is 7.10. The summed E-state index contributed by atoms with van der Waals surface area (Å²) in [5.41, 5.74) is 0.275. The summed E-state index contributed by atoms with van der Waals surface area (Å²) in [6.45, 7) is 4.84. The van der Waals surface area contributed by atoms with Crippen LogP contribution in [0.15, 0.2) is 24.3 Å². The summed E-state index contributed by atoms with van der Waals surface area (Å²) >= 11 is 0. The van der Waals surface area contributed by atoms with Crippen molar-refractivity contribution in [1.82, 2.24) is 10.6 Å². The van der Waals surface area contributed by atoms with Crippen LogP contribution in [0.25, 0.3) is 0 Å². The summed E-state index contributed by atoms with van der Waals surface area (Å²) in [7, 11) is 1.55. The summed E-state index contributed by atoms with van der Waals surface area (Å²) < 4.78 is 9.85. The van der Waals surface area contributed by atoms with E-state index in [1.165, 1.54) is 0 Å². The summed E-state index contributed by atoms with van der Waals surface area (Å²) in [5, 5.41) is 4.65. The van der Waals surface area contributed by atoms with Gasteiger partial charge in [0.1, 0.15) is 5.75 Å². The van der Waals surface area contributed by atoms with Crippen LogP contribution in [0.1, 0.15) is 26.3 Å². The highest BCUT2D eigenvalue weighted by Crippen LogP contribution is 2.11. The van der Waals surface area contributed by atoms with Gasteiger partial charge in [0.25, 0.3) is 5.91 Å². The summed E-state index contributed by atoms with van der Waals surface area (Å²) in [6, 6.07) is 6.29. The third kappa shape index (κ3) is 7.85. The molecule has 1 aromatic carbocycles. The number of imide groups is 1. The Bertz CT molecular complexity index is 561. The molecule has 0 aliphatic heterocycles. The molecule has 1 rings (SSSR count). The van der Waals surface area contributed by atoms with Gasteiger partial charge >= 0.3 is 12.0 Å². The molecule has 7 heteroatoms. The van der Waals surface area contributed by atoms with E-state index in [4.69, 9.17) is 9.47 Å². The van der Waals surface area contributed by atoms with Crippen LogP contribution in [-0.4, -0.2) is 37.2 Å². The lowest BCUT2D eigenvalue weighted by Gasteiger charge is -2.20. The molecule has 0 aliphatic rings. The van der Waals surface area contributed by atoms with E-state index in [0.29, 0.717) is 5.75 Å². The van der Waals surface area contributed by atoms with Crippen molar-refractivity contribution in [2.24, 2.45) is 0 Å². The average Bonchev–Trinajstić information content (AvgIpc) is 2.44. The smallest absolute Gasteiger partial charge is 0.321 e. The van der Waals surface area contributed by atoms with Crippen LogP contribution < -0.4 is 15.4 Å². The maximum absolute atomic E-state index is 11.7. The lowest BCUT2D eigenvalue weighted by Crippen LogP contribution is -2.49. The van der Waals surface area contributed by atoms with Crippen molar-refractivity contribution >= 4 is 17.9 Å². The van der Waals surface area contributed by atoms with Gasteiger partial charge < -0.3 is 14.8 Å². The average molecular weight is 322 g/mol. The van der Waals surface area contributed by atoms with E-state index in [9.17, 15) is 14.4 Å². The van der Waals surface area contributed by atoms with Crippen molar-refractivity contribution in [3.63, 3.8) is 0 Å². The van der Waals surface area contributed by atoms with Crippen molar-refractivity contribution in [3.05, 3.63) is 29.8 Å². The van der Waals surface area contributed by atoms with E-state index in [0.717, 1.165) is 5.56 Å². The lowest BCUT2D eigenvalue weighted by atomic mass is 10.1. The first-order valence-corrected chi connectivity index (χ1v) is 7.10. The standard InChI is InChI=1S/C16H22N2O5/c1-16(2,3)18-15(21)17-13(19)10-23-14(20)9-11-5-7-12(22-4)8-6-11/h5-8H,9-10H2,1-4H3,(H2,17,18,19,21). The third-order valence-corrected chi connectivity index (χ3v) is 2.61. The second kappa shape index (κ2) is 8.17. The number of methoxy groups -OCH3 is 1. The van der Waals surface area contributed by atoms with Crippen LogP contribution in [0.4, 0.5) is 4.79 Å². The zero-order valence-corrected chi connectivity index (χ0v) is 13.8. The SMILES string of the molecule is COc1ccc(CC(=O)OCC(=O)NC(=O)NC(C)(C)C)cc1. The van der Waals surface area contributed by atoms with Crippen molar-refractivity contribution in [3.8, 4) is 5.75 Å². The second-order valence-electron chi connectivity index (χ2n) is 5.94. The molecule has 0 spiro atoms. The van der Waals surface area contributed by atoms with Gasteiger partial charge in [-0.1, -0.05) is 12.1 Å². The minimum Gasteiger partial charge on any atom is -0.497 e. The summed E-state index contributed by atoms with van der Waals surface area (Å²) in [4.78, 5) is 34.6. The number of hydrogen-bond acceptors (Lipinski definition) is 5. The maximum Gasteiger partial charge on any atom is 0.321 e. The number of ether oxygens (including phenoxy) is 2. The highest BCUT2D eigenvalue weighted by atomic mass is 16.5. The van der Waals surface area contributed by atoms with E-state index in [1.54, 1.807) is 52.1 Å². The largest absolute Gasteiger partial charge is 0.497 e. The molecule has 0 atom stereocenters. The van der Waals surface area contributed by atoms with Gasteiger partial charge in [0.05, 0.1) is 13.5 Å². The molecule has 0 aromatic heterocycles. The maximum atomic E-state index is 11.7. The van der Waals surface area contributed by atoms with Gasteiger partial charge in [-0.05, 0) is 38.5 Å². The minimum atomic E-state index is -0.685. The zero-order valence-electron chi connectivity index (χ0n) is 13.8. The summed E-state index contributed by atoms with van der Waals surface area (Å²) in [5.74, 6) is -0.553. The first-order chi connectivity index (χ1) is 10.7. The quantitative estimate of drug-likeness (QED) is 0.799. The van der Waals surface area contributed by atoms with Crippen molar-refractivity contribution in [1.29, 1.82) is 0 Å². The second-order valence-corrected chi connectivity index (χ2v) is 5.94. The molecule has 0 saturated heterocycles. The van der Waals surface area contributed by atoms with Crippen LogP contribution in [0, 0.1) is 0 Å². The van der Waals surface area contributed by atoms with Gasteiger partial charge in [0, 0.05) is 5.54 Å². The monoisotopic (exact) mass is 322 g/mol. The molecule has 0 unspecified atom stereocenters. The fraction of sp³-hybridized carbons (Fsp3) is 0.438. The van der Waals surface area contributed by atoms with Crippen molar-refractivity contribution in [2.45, 2.75) is 32.7 Å². The molecule has 126 valence electrons. The number of hydrogen-bond donors (Lipinski definition) is 2. The zero-order chi connectivity index (χ0) is 17.5. The van der Waals surface area contributed by atoms with Gasteiger partial charge in [0.2, 0.25) is 0 Å². The van der Waals surface area contributed by atoms with Gasteiger partial charge in [-0.25, -0.2) is 4.79 Å². The molecule has 0 heterocycles. The van der Waals surface area contributed by atoms with E-state index >= 15 is 0 Å². The summed E-state index contributed by atoms with van der Waals surface area (Å²) in [6.07, 6.45) is 0.0332. The molecular formula is C16H22N2O5. The van der Waals surface area contributed by atoms with E-state index < -0.39 is 30.1 Å². The molecule has 3 amide bonds. The number of esters is 1. The Labute approximate surface area is 135 Å². The molecule has 7 nitrogen and oxygen atoms in total. The van der Waals surface area contributed by atoms with Crippen LogP contribution in [0.2, 0.25) is 0 Å². The molecular weight excluding hydrogens is 300 g/mol. The Morgan fingerprint density at radius 1 is 1.09 bits per heavy atom. The topological polar surface area (TPSA) is 93.7 Å². The molecule has 23 heavy (non-hydrogen) atoms. The lowest BCUT2D eigenvalue weighted by molar-refractivity contribution is -0.147. The van der Waals surface area contributed by atoms with Crippen LogP contribution >= 0.6 is 0 Å². The fourth-order valence-corrected chi connectivity index (χ4v) is 1.64. The first kappa shape index (κ1) is 18.5. The molecule has 0 aliphatic carbocycles. The normalized spacial score (nSPS) is 10.6. The van der Waals surface area contributed by atoms with E-state index in [1.807, 2.05) is 0 Å². The Hall–Kier alpha value is -2.57. The molecule has 0 saturated carbocycles. The predicted octanol–water partition coefficient (Wildman–Crippen LogP) is 1.41. The Morgan fingerprint density at radius 2 is 1.70 bits per heavy atom. The number of carbonyl (C=O) groups is 3. The van der Waals surface area contributed by atoms with Crippen LogP contribution in [0.5, 0.6) is 5.75 Å². The van der Waals surface area contributed by atoms with Crippen LogP contribution in [0.3, 0.4) is 0 Å². The van der Waals surface area contributed by atoms with E-state index in [2.05, 4.69) is 10.6 Å². The Kier molecular flexibility index (Phi) is 6.56. The number of rotatable bonds is 5. The molecule has 1 aromatic rings. The molecule has 0 radical (unpaired) electrons. The number of carbonyl (C=O) groups excluding carboxylic acids is 3. The minimum absolute atomic E-state index is 0.0332. The van der Waals surface area contributed by atoms with Gasteiger partial charge in [-0.15, -0.1) is 0 Å². The third-order valence-electron chi connectivity index (χ3n) is 2.61. The molecule has 2 N–H and O–H groups in total. The number of benzene rings is 1. The van der Waals surface area contributed by atoms with Gasteiger partial charge in [-0.2, -0.15) is 0 Å². The molecule has 0 bridgehead atoms. The number of amides is 3. The Morgan fingerprint density at radius 3 is 2.22 bits per heavy atom. The Balaban J connectivity index is 2.34. The van der Waals surface area contributed by atoms with Gasteiger partial charge in [0.15, 0.2) is 6.61 Å². The predicted molar refractivity (Wildman–Crippen MR) is 84.1 cm³/mol. The van der Waals surface area contributed by atoms with Crippen molar-refractivity contribution in [2.75, 3.05) is 13.7 Å². The fourth-order valence-electron chi connectivity index (χ4n) is 1.64. The van der Waals surface area contributed by atoms with E-state index in [-0.39, 0.29) is 6.42 Å². The highest BCUT2D eigenvalue weighted by Gasteiger charge is 2.16. The van der Waals surface area contributed by atoms with Crippen LogP contribution in [-0.2, 0) is 20.7 Å². The van der Waals surface area contributed by atoms with Gasteiger partial charge in [-0.3, -0.25) is 14.9 Å².